The molecule has 27 heavy (non-hydrogen) atoms. The van der Waals surface area contributed by atoms with E-state index in [1.54, 1.807) is 23.1 Å². The maximum absolute atomic E-state index is 12.8. The number of rotatable bonds is 4. The van der Waals surface area contributed by atoms with Crippen LogP contribution in [0.5, 0.6) is 0 Å². The van der Waals surface area contributed by atoms with E-state index in [-0.39, 0.29) is 17.9 Å². The second-order valence-corrected chi connectivity index (χ2v) is 7.35. The van der Waals surface area contributed by atoms with Gasteiger partial charge in [-0.05, 0) is 43.2 Å². The summed E-state index contributed by atoms with van der Waals surface area (Å²) in [6.45, 7) is 2.67. The van der Waals surface area contributed by atoms with Crippen molar-refractivity contribution in [1.29, 1.82) is 0 Å². The second-order valence-electron chi connectivity index (χ2n) is 6.91. The average Bonchev–Trinajstić information content (AvgIpc) is 3.51. The molecule has 1 saturated carbocycles. The van der Waals surface area contributed by atoms with Gasteiger partial charge in [0, 0.05) is 42.9 Å². The number of benzene rings is 1. The van der Waals surface area contributed by atoms with Crippen LogP contribution in [-0.2, 0) is 0 Å². The van der Waals surface area contributed by atoms with Crippen molar-refractivity contribution in [3.05, 3.63) is 58.9 Å². The lowest BCUT2D eigenvalue weighted by Gasteiger charge is -2.36. The van der Waals surface area contributed by atoms with Gasteiger partial charge < -0.3 is 15.1 Å². The Balaban J connectivity index is 1.39. The first-order valence-corrected chi connectivity index (χ1v) is 9.56. The third-order valence-corrected chi connectivity index (χ3v) is 5.09. The minimum Gasteiger partial charge on any atom is -0.368 e. The number of nitrogens with zero attached hydrogens (tertiary/aromatic N) is 3. The van der Waals surface area contributed by atoms with Crippen molar-refractivity contribution in [2.24, 2.45) is 0 Å². The minimum atomic E-state index is -0.210. The van der Waals surface area contributed by atoms with E-state index in [9.17, 15) is 9.59 Å². The van der Waals surface area contributed by atoms with E-state index in [1.807, 2.05) is 24.3 Å². The van der Waals surface area contributed by atoms with Gasteiger partial charge in [0.1, 0.15) is 11.4 Å². The maximum atomic E-state index is 12.8. The number of piperazine rings is 1. The third kappa shape index (κ3) is 4.22. The largest absolute Gasteiger partial charge is 0.368 e. The zero-order valence-electron chi connectivity index (χ0n) is 14.9. The first-order chi connectivity index (χ1) is 13.1. The molecule has 0 radical (unpaired) electrons. The molecule has 0 atom stereocenters. The molecule has 1 aromatic carbocycles. The molecule has 1 aliphatic carbocycles. The zero-order valence-corrected chi connectivity index (χ0v) is 15.7. The van der Waals surface area contributed by atoms with Crippen LogP contribution in [0.15, 0.2) is 42.5 Å². The van der Waals surface area contributed by atoms with E-state index in [0.29, 0.717) is 29.5 Å². The van der Waals surface area contributed by atoms with E-state index in [0.717, 1.165) is 31.6 Å². The van der Waals surface area contributed by atoms with Crippen molar-refractivity contribution < 1.29 is 9.59 Å². The lowest BCUT2D eigenvalue weighted by Crippen LogP contribution is -2.49. The highest BCUT2D eigenvalue weighted by Gasteiger charge is 2.26. The van der Waals surface area contributed by atoms with Crippen molar-refractivity contribution >= 4 is 29.1 Å². The molecule has 2 fully saturated rings. The Labute approximate surface area is 163 Å². The molecule has 6 nitrogen and oxygen atoms in total. The average molecular weight is 385 g/mol. The predicted octanol–water partition coefficient (Wildman–Crippen LogP) is 2.59. The Kier molecular flexibility index (Phi) is 4.99. The summed E-state index contributed by atoms with van der Waals surface area (Å²) < 4.78 is 0. The monoisotopic (exact) mass is 384 g/mol. The van der Waals surface area contributed by atoms with E-state index in [1.165, 1.54) is 0 Å². The number of halogens is 1. The fourth-order valence-corrected chi connectivity index (χ4v) is 3.35. The van der Waals surface area contributed by atoms with Gasteiger partial charge in [-0.2, -0.15) is 0 Å². The minimum absolute atomic E-state index is 0.137. The quantitative estimate of drug-likeness (QED) is 0.879. The van der Waals surface area contributed by atoms with Gasteiger partial charge in [-0.3, -0.25) is 9.59 Å². The van der Waals surface area contributed by atoms with Crippen molar-refractivity contribution in [3.63, 3.8) is 0 Å². The Morgan fingerprint density at radius 2 is 1.70 bits per heavy atom. The Morgan fingerprint density at radius 1 is 1.00 bits per heavy atom. The second kappa shape index (κ2) is 7.56. The zero-order chi connectivity index (χ0) is 18.8. The van der Waals surface area contributed by atoms with Gasteiger partial charge in [0.25, 0.3) is 11.8 Å². The van der Waals surface area contributed by atoms with Crippen LogP contribution < -0.4 is 10.2 Å². The van der Waals surface area contributed by atoms with Crippen LogP contribution >= 0.6 is 11.6 Å². The number of carbonyl (C=O) groups is 2. The molecule has 2 heterocycles. The first kappa shape index (κ1) is 17.8. The molecule has 1 aromatic heterocycles. The van der Waals surface area contributed by atoms with Crippen LogP contribution in [-0.4, -0.2) is 53.9 Å². The summed E-state index contributed by atoms with van der Waals surface area (Å²) in [5, 5.41) is 3.61. The van der Waals surface area contributed by atoms with Gasteiger partial charge in [0.2, 0.25) is 0 Å². The molecule has 1 N–H and O–H groups in total. The van der Waals surface area contributed by atoms with Gasteiger partial charge in [0.05, 0.1) is 0 Å². The van der Waals surface area contributed by atoms with Gasteiger partial charge in [-0.1, -0.05) is 23.7 Å². The number of amides is 2. The molecule has 0 unspecified atom stereocenters. The summed E-state index contributed by atoms with van der Waals surface area (Å²) in [4.78, 5) is 33.2. The van der Waals surface area contributed by atoms with Gasteiger partial charge in [0.15, 0.2) is 0 Å². The van der Waals surface area contributed by atoms with Gasteiger partial charge >= 0.3 is 0 Å². The molecule has 2 aliphatic rings. The van der Waals surface area contributed by atoms with Crippen molar-refractivity contribution in [2.75, 3.05) is 31.1 Å². The molecule has 0 bridgehead atoms. The highest BCUT2D eigenvalue weighted by atomic mass is 35.5. The fourth-order valence-electron chi connectivity index (χ4n) is 3.17. The van der Waals surface area contributed by atoms with Crippen molar-refractivity contribution in [2.45, 2.75) is 18.9 Å². The normalized spacial score (nSPS) is 16.9. The van der Waals surface area contributed by atoms with E-state index in [2.05, 4.69) is 15.2 Å². The van der Waals surface area contributed by atoms with Gasteiger partial charge in [-0.25, -0.2) is 4.98 Å². The number of hydrogen-bond acceptors (Lipinski definition) is 4. The van der Waals surface area contributed by atoms with Crippen molar-refractivity contribution in [1.82, 2.24) is 15.2 Å². The molecule has 2 amide bonds. The molecular weight excluding hydrogens is 364 g/mol. The number of hydrogen-bond donors (Lipinski definition) is 1. The highest BCUT2D eigenvalue weighted by molar-refractivity contribution is 6.30. The van der Waals surface area contributed by atoms with Crippen molar-refractivity contribution in [3.8, 4) is 0 Å². The smallest absolute Gasteiger partial charge is 0.272 e. The molecule has 7 heteroatoms. The molecule has 2 aromatic rings. The highest BCUT2D eigenvalue weighted by Crippen LogP contribution is 2.21. The molecule has 1 aliphatic heterocycles. The van der Waals surface area contributed by atoms with E-state index < -0.39 is 0 Å². The topological polar surface area (TPSA) is 65.5 Å². The number of nitrogens with one attached hydrogen (secondary N) is 1. The lowest BCUT2D eigenvalue weighted by atomic mass is 10.2. The SMILES string of the molecule is O=C(NC1CC1)c1cccc(C(=O)N2CCN(c3cccc(Cl)c3)CC2)n1. The van der Waals surface area contributed by atoms with Crippen LogP contribution in [0.4, 0.5) is 5.69 Å². The van der Waals surface area contributed by atoms with Crippen LogP contribution in [0, 0.1) is 0 Å². The molecule has 140 valence electrons. The van der Waals surface area contributed by atoms with Crippen LogP contribution in [0.1, 0.15) is 33.8 Å². The maximum Gasteiger partial charge on any atom is 0.272 e. The van der Waals surface area contributed by atoms with Crippen LogP contribution in [0.3, 0.4) is 0 Å². The molecular formula is C20H21ClN4O2. The summed E-state index contributed by atoms with van der Waals surface area (Å²) in [6, 6.07) is 13.0. The summed E-state index contributed by atoms with van der Waals surface area (Å²) in [6.07, 6.45) is 2.03. The van der Waals surface area contributed by atoms with Crippen LogP contribution in [0.25, 0.3) is 0 Å². The first-order valence-electron chi connectivity index (χ1n) is 9.18. The molecule has 4 rings (SSSR count). The fraction of sp³-hybridized carbons (Fsp3) is 0.350. The van der Waals surface area contributed by atoms with Gasteiger partial charge in [-0.15, -0.1) is 0 Å². The lowest BCUT2D eigenvalue weighted by molar-refractivity contribution is 0.0740. The Hall–Kier alpha value is -2.60. The molecule has 1 saturated heterocycles. The number of anilines is 1. The summed E-state index contributed by atoms with van der Waals surface area (Å²) in [7, 11) is 0. The van der Waals surface area contributed by atoms with Crippen LogP contribution in [0.2, 0.25) is 5.02 Å². The van der Waals surface area contributed by atoms with E-state index >= 15 is 0 Å². The number of aromatic nitrogens is 1. The molecule has 0 spiro atoms. The summed E-state index contributed by atoms with van der Waals surface area (Å²) in [5.74, 6) is -0.347. The Morgan fingerprint density at radius 3 is 2.41 bits per heavy atom. The predicted molar refractivity (Wildman–Crippen MR) is 104 cm³/mol. The Bertz CT molecular complexity index is 861. The number of carbonyl (C=O) groups excluding carboxylic acids is 2. The summed E-state index contributed by atoms with van der Waals surface area (Å²) in [5.41, 5.74) is 1.67. The standard InChI is InChI=1S/C20H21ClN4O2/c21-14-3-1-4-16(13-14)24-9-11-25(12-10-24)20(27)18-6-2-5-17(23-18)19(26)22-15-7-8-15/h1-6,13,15H,7-12H2,(H,22,26). The van der Waals surface area contributed by atoms with E-state index in [4.69, 9.17) is 11.6 Å². The third-order valence-electron chi connectivity index (χ3n) is 4.85. The number of pyridine rings is 1. The summed E-state index contributed by atoms with van der Waals surface area (Å²) >= 11 is 6.07.